The van der Waals surface area contributed by atoms with E-state index in [0.29, 0.717) is 16.3 Å². The van der Waals surface area contributed by atoms with E-state index < -0.39 is 14.6 Å². The number of thiazole rings is 1. The fourth-order valence-electron chi connectivity index (χ4n) is 3.38. The van der Waals surface area contributed by atoms with E-state index >= 15 is 0 Å². The molecule has 0 fully saturated rings. The van der Waals surface area contributed by atoms with Crippen LogP contribution in [0.3, 0.4) is 0 Å². The highest BCUT2D eigenvalue weighted by molar-refractivity contribution is 7.91. The Bertz CT molecular complexity index is 1440. The number of carbonyl (C=O) groups excluding carboxylic acids is 1. The van der Waals surface area contributed by atoms with Gasteiger partial charge in [-0.15, -0.1) is 11.3 Å². The first-order chi connectivity index (χ1) is 15.1. The molecule has 2 aromatic heterocycles. The number of hydrogen-bond donors (Lipinski definition) is 1. The minimum absolute atomic E-state index is 0.258. The Kier molecular flexibility index (Phi) is 5.60. The fourth-order valence-corrected chi connectivity index (χ4v) is 4.59. The SMILES string of the molecule is Cc1cnc(NC(=O)c2cccc(-c3cc(C(C)(C)S(C)(=O)=O)cc4cccnc34)c2)s1. The number of benzene rings is 2. The van der Waals surface area contributed by atoms with E-state index in [9.17, 15) is 13.2 Å². The van der Waals surface area contributed by atoms with Crippen LogP contribution in [-0.2, 0) is 14.6 Å². The average molecular weight is 466 g/mol. The van der Waals surface area contributed by atoms with Crippen LogP contribution in [-0.4, -0.2) is 30.5 Å². The quantitative estimate of drug-likeness (QED) is 0.438. The highest BCUT2D eigenvalue weighted by Gasteiger charge is 2.33. The molecule has 0 saturated heterocycles. The van der Waals surface area contributed by atoms with Crippen molar-refractivity contribution in [3.8, 4) is 11.1 Å². The lowest BCUT2D eigenvalue weighted by molar-refractivity contribution is 0.102. The van der Waals surface area contributed by atoms with Gasteiger partial charge < -0.3 is 0 Å². The molecular formula is C24H23N3O3S2. The number of carbonyl (C=O) groups is 1. The number of hydrogen-bond acceptors (Lipinski definition) is 6. The van der Waals surface area contributed by atoms with Crippen molar-refractivity contribution in [3.63, 3.8) is 0 Å². The monoisotopic (exact) mass is 465 g/mol. The molecular weight excluding hydrogens is 442 g/mol. The number of aryl methyl sites for hydroxylation is 1. The maximum atomic E-state index is 12.8. The van der Waals surface area contributed by atoms with Gasteiger partial charge in [-0.25, -0.2) is 13.4 Å². The van der Waals surface area contributed by atoms with E-state index in [1.54, 1.807) is 44.4 Å². The molecule has 2 heterocycles. The third kappa shape index (κ3) is 4.16. The molecule has 0 radical (unpaired) electrons. The van der Waals surface area contributed by atoms with Gasteiger partial charge in [0.05, 0.1) is 10.3 Å². The van der Waals surface area contributed by atoms with Crippen LogP contribution < -0.4 is 5.32 Å². The maximum Gasteiger partial charge on any atom is 0.257 e. The molecule has 0 saturated carbocycles. The van der Waals surface area contributed by atoms with Gasteiger partial charge in [0, 0.05) is 40.0 Å². The van der Waals surface area contributed by atoms with Crippen LogP contribution in [0, 0.1) is 6.92 Å². The first-order valence-electron chi connectivity index (χ1n) is 9.99. The predicted octanol–water partition coefficient (Wildman–Crippen LogP) is 5.20. The van der Waals surface area contributed by atoms with E-state index in [1.165, 1.54) is 17.6 Å². The number of sulfone groups is 1. The molecule has 0 aliphatic carbocycles. The molecule has 164 valence electrons. The van der Waals surface area contributed by atoms with E-state index in [0.717, 1.165) is 26.9 Å². The van der Waals surface area contributed by atoms with Crippen molar-refractivity contribution in [3.05, 3.63) is 76.9 Å². The number of nitrogens with zero attached hydrogens (tertiary/aromatic N) is 2. The van der Waals surface area contributed by atoms with Crippen molar-refractivity contribution in [2.75, 3.05) is 11.6 Å². The molecule has 2 aromatic carbocycles. The number of aromatic nitrogens is 2. The first-order valence-corrected chi connectivity index (χ1v) is 12.7. The molecule has 4 rings (SSSR count). The summed E-state index contributed by atoms with van der Waals surface area (Å²) in [5.74, 6) is -0.258. The van der Waals surface area contributed by atoms with Gasteiger partial charge in [-0.3, -0.25) is 15.1 Å². The third-order valence-electron chi connectivity index (χ3n) is 5.60. The van der Waals surface area contributed by atoms with Gasteiger partial charge >= 0.3 is 0 Å². The van der Waals surface area contributed by atoms with Crippen molar-refractivity contribution in [2.45, 2.75) is 25.5 Å². The second-order valence-electron chi connectivity index (χ2n) is 8.19. The van der Waals surface area contributed by atoms with Crippen LogP contribution in [0.4, 0.5) is 5.13 Å². The molecule has 8 heteroatoms. The summed E-state index contributed by atoms with van der Waals surface area (Å²) < 4.78 is 23.9. The second kappa shape index (κ2) is 8.11. The van der Waals surface area contributed by atoms with Gasteiger partial charge in [0.1, 0.15) is 0 Å². The number of pyridine rings is 1. The molecule has 1 amide bonds. The van der Waals surface area contributed by atoms with Gasteiger partial charge in [-0.2, -0.15) is 0 Å². The molecule has 0 spiro atoms. The summed E-state index contributed by atoms with van der Waals surface area (Å²) in [7, 11) is -3.37. The zero-order valence-electron chi connectivity index (χ0n) is 18.2. The zero-order chi connectivity index (χ0) is 23.1. The lowest BCUT2D eigenvalue weighted by Crippen LogP contribution is -2.28. The van der Waals surface area contributed by atoms with Crippen LogP contribution in [0.1, 0.15) is 34.6 Å². The standard InChI is InChI=1S/C24H23N3O3S2/c1-15-14-26-23(31-15)27-22(28)18-8-5-7-16(11-18)20-13-19(24(2,3)32(4,29)30)12-17-9-6-10-25-21(17)20/h5-14H,1-4H3,(H,26,27,28). The summed E-state index contributed by atoms with van der Waals surface area (Å²) in [6.07, 6.45) is 4.66. The van der Waals surface area contributed by atoms with Crippen LogP contribution >= 0.6 is 11.3 Å². The van der Waals surface area contributed by atoms with Gasteiger partial charge in [0.2, 0.25) is 0 Å². The highest BCUT2D eigenvalue weighted by Crippen LogP contribution is 2.36. The predicted molar refractivity (Wildman–Crippen MR) is 130 cm³/mol. The van der Waals surface area contributed by atoms with Crippen LogP contribution in [0.15, 0.2) is 60.9 Å². The Morgan fingerprint density at radius 3 is 2.53 bits per heavy atom. The topological polar surface area (TPSA) is 89.0 Å². The van der Waals surface area contributed by atoms with Crippen molar-refractivity contribution >= 4 is 43.1 Å². The highest BCUT2D eigenvalue weighted by atomic mass is 32.2. The fraction of sp³-hybridized carbons (Fsp3) is 0.208. The Labute approximate surface area is 191 Å². The van der Waals surface area contributed by atoms with Gasteiger partial charge in [-0.1, -0.05) is 18.2 Å². The Morgan fingerprint density at radius 2 is 1.84 bits per heavy atom. The van der Waals surface area contributed by atoms with E-state index in [2.05, 4.69) is 15.3 Å². The molecule has 32 heavy (non-hydrogen) atoms. The largest absolute Gasteiger partial charge is 0.298 e. The van der Waals surface area contributed by atoms with E-state index in [1.807, 2.05) is 37.3 Å². The third-order valence-corrected chi connectivity index (χ3v) is 8.52. The van der Waals surface area contributed by atoms with Gasteiger partial charge in [-0.05, 0) is 62.2 Å². The molecule has 6 nitrogen and oxygen atoms in total. The average Bonchev–Trinajstić information content (AvgIpc) is 3.16. The molecule has 0 unspecified atom stereocenters. The minimum Gasteiger partial charge on any atom is -0.298 e. The van der Waals surface area contributed by atoms with Crippen molar-refractivity contribution in [1.29, 1.82) is 0 Å². The van der Waals surface area contributed by atoms with Crippen molar-refractivity contribution in [1.82, 2.24) is 9.97 Å². The Balaban J connectivity index is 1.83. The number of nitrogens with one attached hydrogen (secondary N) is 1. The van der Waals surface area contributed by atoms with Gasteiger partial charge in [0.25, 0.3) is 5.91 Å². The number of fused-ring (bicyclic) bond motifs is 1. The minimum atomic E-state index is -3.37. The molecule has 4 aromatic rings. The number of anilines is 1. The number of rotatable bonds is 5. The van der Waals surface area contributed by atoms with E-state index in [4.69, 9.17) is 0 Å². The van der Waals surface area contributed by atoms with E-state index in [-0.39, 0.29) is 5.91 Å². The Morgan fingerprint density at radius 1 is 1.06 bits per heavy atom. The zero-order valence-corrected chi connectivity index (χ0v) is 19.8. The van der Waals surface area contributed by atoms with Crippen LogP contribution in [0.2, 0.25) is 0 Å². The lowest BCUT2D eigenvalue weighted by atomic mass is 9.93. The number of amides is 1. The van der Waals surface area contributed by atoms with Crippen LogP contribution in [0.25, 0.3) is 22.0 Å². The Hall–Kier alpha value is -3.10. The molecule has 0 aliphatic rings. The van der Waals surface area contributed by atoms with Crippen molar-refractivity contribution < 1.29 is 13.2 Å². The molecule has 0 bridgehead atoms. The molecule has 0 atom stereocenters. The lowest BCUT2D eigenvalue weighted by Gasteiger charge is -2.24. The summed E-state index contributed by atoms with van der Waals surface area (Å²) in [6, 6.07) is 14.7. The maximum absolute atomic E-state index is 12.8. The smallest absolute Gasteiger partial charge is 0.257 e. The summed E-state index contributed by atoms with van der Waals surface area (Å²) in [6.45, 7) is 5.32. The molecule has 1 N–H and O–H groups in total. The summed E-state index contributed by atoms with van der Waals surface area (Å²) in [4.78, 5) is 22.5. The van der Waals surface area contributed by atoms with Crippen LogP contribution in [0.5, 0.6) is 0 Å². The second-order valence-corrected chi connectivity index (χ2v) is 12.0. The summed E-state index contributed by atoms with van der Waals surface area (Å²) >= 11 is 1.41. The van der Waals surface area contributed by atoms with Gasteiger partial charge in [0.15, 0.2) is 15.0 Å². The van der Waals surface area contributed by atoms with Crippen molar-refractivity contribution in [2.24, 2.45) is 0 Å². The summed E-state index contributed by atoms with van der Waals surface area (Å²) in [5.41, 5.74) is 3.45. The normalized spacial score (nSPS) is 12.1. The molecule has 0 aliphatic heterocycles. The summed E-state index contributed by atoms with van der Waals surface area (Å²) in [5, 5.41) is 4.21. The first kappa shape index (κ1) is 22.1.